The van der Waals surface area contributed by atoms with E-state index in [1.165, 1.54) is 17.6 Å². The number of urea groups is 1. The summed E-state index contributed by atoms with van der Waals surface area (Å²) in [6.07, 6.45) is 1.73. The molecular weight excluding hydrogens is 424 g/mol. The fourth-order valence-electron chi connectivity index (χ4n) is 3.31. The van der Waals surface area contributed by atoms with Crippen molar-refractivity contribution >= 4 is 34.6 Å². The first-order valence-corrected chi connectivity index (χ1v) is 10.1. The first kappa shape index (κ1) is 22.9. The highest BCUT2D eigenvalue weighted by atomic mass is 35.5. The Hall–Kier alpha value is -2.79. The maximum Gasteiger partial charge on any atom is 0.322 e. The number of aliphatic hydroxyl groups is 3. The number of halogens is 1. The zero-order valence-electron chi connectivity index (χ0n) is 17.1. The van der Waals surface area contributed by atoms with Gasteiger partial charge in [0.15, 0.2) is 11.5 Å². The number of carbonyl (C=O) groups is 1. The molecule has 1 aliphatic carbocycles. The van der Waals surface area contributed by atoms with Crippen molar-refractivity contribution in [3.05, 3.63) is 47.5 Å². The Morgan fingerprint density at radius 3 is 2.52 bits per heavy atom. The Bertz CT molecular complexity index is 1010. The molecule has 4 rings (SSSR count). The smallest absolute Gasteiger partial charge is 0.322 e. The lowest BCUT2D eigenvalue weighted by Crippen LogP contribution is -2.28. The normalized spacial score (nSPS) is 21.3. The van der Waals surface area contributed by atoms with Crippen molar-refractivity contribution < 1.29 is 20.1 Å². The second-order valence-corrected chi connectivity index (χ2v) is 7.88. The number of aromatic nitrogens is 4. The maximum absolute atomic E-state index is 11.4. The number of H-pyrrole nitrogens is 1. The van der Waals surface area contributed by atoms with Crippen molar-refractivity contribution in [2.75, 3.05) is 19.4 Å². The number of rotatable bonds is 3. The Morgan fingerprint density at radius 2 is 1.90 bits per heavy atom. The molecule has 5 N–H and O–H groups in total. The van der Waals surface area contributed by atoms with Crippen LogP contribution in [-0.4, -0.2) is 72.5 Å². The van der Waals surface area contributed by atoms with Crippen LogP contribution in [0.3, 0.4) is 0 Å². The van der Waals surface area contributed by atoms with Crippen molar-refractivity contribution in [1.29, 1.82) is 0 Å². The molecule has 31 heavy (non-hydrogen) atoms. The van der Waals surface area contributed by atoms with E-state index in [4.69, 9.17) is 11.6 Å². The van der Waals surface area contributed by atoms with Gasteiger partial charge in [0.25, 0.3) is 0 Å². The molecule has 10 nitrogen and oxygen atoms in total. The fourth-order valence-corrected chi connectivity index (χ4v) is 3.44. The predicted octanol–water partition coefficient (Wildman–Crippen LogP) is 1.95. The monoisotopic (exact) mass is 448 g/mol. The van der Waals surface area contributed by atoms with E-state index < -0.39 is 18.3 Å². The van der Waals surface area contributed by atoms with Gasteiger partial charge in [-0.3, -0.25) is 5.32 Å². The van der Waals surface area contributed by atoms with Gasteiger partial charge in [-0.05, 0) is 30.5 Å². The van der Waals surface area contributed by atoms with Crippen LogP contribution in [0.2, 0.25) is 5.02 Å². The summed E-state index contributed by atoms with van der Waals surface area (Å²) in [5.74, 6) is 0.132. The van der Waals surface area contributed by atoms with E-state index in [2.05, 4.69) is 25.3 Å². The average Bonchev–Trinajstić information content (AvgIpc) is 3.36. The summed E-state index contributed by atoms with van der Waals surface area (Å²) >= 11 is 5.76. The van der Waals surface area contributed by atoms with Crippen molar-refractivity contribution in [2.24, 2.45) is 5.92 Å². The largest absolute Gasteiger partial charge is 0.390 e. The number of hydrogen-bond acceptors (Lipinski definition) is 7. The molecule has 0 bridgehead atoms. The molecule has 3 aromatic rings. The highest BCUT2D eigenvalue weighted by Gasteiger charge is 2.38. The third-order valence-corrected chi connectivity index (χ3v) is 5.35. The van der Waals surface area contributed by atoms with Crippen LogP contribution in [0.25, 0.3) is 11.2 Å². The molecule has 1 aliphatic rings. The van der Waals surface area contributed by atoms with Crippen LogP contribution in [0, 0.1) is 5.92 Å². The molecule has 1 saturated carbocycles. The topological polar surface area (TPSA) is 147 Å². The Morgan fingerprint density at radius 1 is 1.19 bits per heavy atom. The number of aromatic amines is 1. The summed E-state index contributed by atoms with van der Waals surface area (Å²) in [5.41, 5.74) is 1.87. The lowest BCUT2D eigenvalue weighted by atomic mass is 9.92. The minimum atomic E-state index is -0.842. The number of anilines is 1. The molecule has 2 amide bonds. The fraction of sp³-hybridized carbons (Fsp3) is 0.400. The number of carbonyl (C=O) groups excluding carboxylic acids is 1. The molecular formula is C20H25ClN6O4. The molecule has 0 radical (unpaired) electrons. The van der Waals surface area contributed by atoms with E-state index in [1.54, 1.807) is 38.4 Å². The molecule has 0 saturated heterocycles. The molecule has 0 aliphatic heterocycles. The third kappa shape index (κ3) is 5.47. The summed E-state index contributed by atoms with van der Waals surface area (Å²) in [4.78, 5) is 27.5. The van der Waals surface area contributed by atoms with Gasteiger partial charge >= 0.3 is 6.03 Å². The lowest BCUT2D eigenvalue weighted by Gasteiger charge is -2.22. The highest BCUT2D eigenvalue weighted by molar-refractivity contribution is 6.30. The van der Waals surface area contributed by atoms with Crippen LogP contribution < -0.4 is 5.32 Å². The van der Waals surface area contributed by atoms with Crippen LogP contribution in [-0.2, 0) is 0 Å². The number of benzene rings is 1. The van der Waals surface area contributed by atoms with E-state index >= 15 is 0 Å². The molecule has 4 unspecified atom stereocenters. The van der Waals surface area contributed by atoms with Gasteiger partial charge in [0.05, 0.1) is 24.6 Å². The quantitative estimate of drug-likeness (QED) is 0.411. The minimum Gasteiger partial charge on any atom is -0.390 e. The lowest BCUT2D eigenvalue weighted by molar-refractivity contribution is -0.0210. The molecule has 11 heteroatoms. The van der Waals surface area contributed by atoms with Gasteiger partial charge in [0.1, 0.15) is 11.8 Å². The number of aliphatic hydroxyl groups excluding tert-OH is 3. The van der Waals surface area contributed by atoms with E-state index in [0.29, 0.717) is 34.8 Å². The zero-order chi connectivity index (χ0) is 22.5. The van der Waals surface area contributed by atoms with Crippen LogP contribution >= 0.6 is 11.6 Å². The maximum atomic E-state index is 11.4. The summed E-state index contributed by atoms with van der Waals surface area (Å²) in [5, 5.41) is 32.5. The minimum absolute atomic E-state index is 0.246. The van der Waals surface area contributed by atoms with E-state index in [0.717, 1.165) is 5.56 Å². The van der Waals surface area contributed by atoms with Crippen molar-refractivity contribution in [2.45, 2.75) is 31.2 Å². The first-order chi connectivity index (χ1) is 14.8. The number of nitrogens with zero attached hydrogens (tertiary/aromatic N) is 4. The summed E-state index contributed by atoms with van der Waals surface area (Å²) in [7, 11) is 3.31. The van der Waals surface area contributed by atoms with Crippen molar-refractivity contribution in [3.8, 4) is 0 Å². The van der Waals surface area contributed by atoms with Crippen LogP contribution in [0.4, 0.5) is 10.6 Å². The molecule has 166 valence electrons. The molecule has 1 fully saturated rings. The number of hydrogen-bond donors (Lipinski definition) is 5. The van der Waals surface area contributed by atoms with Gasteiger partial charge in [0.2, 0.25) is 0 Å². The van der Waals surface area contributed by atoms with Crippen molar-refractivity contribution in [3.63, 3.8) is 0 Å². The van der Waals surface area contributed by atoms with Crippen LogP contribution in [0.1, 0.15) is 24.5 Å². The number of amides is 2. The zero-order valence-corrected chi connectivity index (χ0v) is 17.9. The van der Waals surface area contributed by atoms with Gasteiger partial charge < -0.3 is 25.2 Å². The predicted molar refractivity (Wildman–Crippen MR) is 116 cm³/mol. The summed E-state index contributed by atoms with van der Waals surface area (Å²) < 4.78 is 0. The average molecular weight is 449 g/mol. The number of nitrogens with one attached hydrogen (secondary N) is 2. The third-order valence-electron chi connectivity index (χ3n) is 5.10. The SMILES string of the molecule is CN(C)C(=O)Nc1ncnc2nc[nH]c12.OC1CCC(C(O)c2ccc(Cl)cc2)C1O. The first-order valence-electron chi connectivity index (χ1n) is 9.70. The van der Waals surface area contributed by atoms with Crippen LogP contribution in [0.5, 0.6) is 0 Å². The van der Waals surface area contributed by atoms with Gasteiger partial charge in [-0.2, -0.15) is 0 Å². The van der Waals surface area contributed by atoms with E-state index in [-0.39, 0.29) is 11.9 Å². The molecule has 2 aromatic heterocycles. The highest BCUT2D eigenvalue weighted by Crippen LogP contribution is 2.36. The number of fused-ring (bicyclic) bond motifs is 1. The Kier molecular flexibility index (Phi) is 7.39. The standard InChI is InChI=1S/C12H15ClO3.C8H10N6O/c13-8-3-1-7(2-4-8)11(15)9-5-6-10(14)12(9)16;1-14(2)8(15)13-7-5-6(10-3-9-5)11-4-12-7/h1-4,9-12,14-16H,5-6H2;3-4H,1-2H3,(H2,9,10,11,12,13,15). The number of imidazole rings is 1. The second kappa shape index (κ2) is 10.0. The van der Waals surface area contributed by atoms with E-state index in [1.807, 2.05) is 0 Å². The second-order valence-electron chi connectivity index (χ2n) is 7.44. The van der Waals surface area contributed by atoms with Crippen molar-refractivity contribution in [1.82, 2.24) is 24.8 Å². The van der Waals surface area contributed by atoms with E-state index in [9.17, 15) is 20.1 Å². The van der Waals surface area contributed by atoms with Gasteiger partial charge in [-0.25, -0.2) is 19.7 Å². The Labute approximate surface area is 183 Å². The molecule has 2 heterocycles. The van der Waals surface area contributed by atoms with Crippen LogP contribution in [0.15, 0.2) is 36.9 Å². The molecule has 4 atom stereocenters. The molecule has 0 spiro atoms. The molecule has 1 aromatic carbocycles. The van der Waals surface area contributed by atoms with Gasteiger partial charge in [-0.1, -0.05) is 23.7 Å². The Balaban J connectivity index is 0.000000176. The summed E-state index contributed by atoms with van der Waals surface area (Å²) in [6.45, 7) is 0. The van der Waals surface area contributed by atoms with Gasteiger partial charge in [-0.15, -0.1) is 0 Å². The van der Waals surface area contributed by atoms with Gasteiger partial charge in [0, 0.05) is 25.0 Å². The summed E-state index contributed by atoms with van der Waals surface area (Å²) in [6, 6.07) is 6.65.